The summed E-state index contributed by atoms with van der Waals surface area (Å²) in [7, 11) is 2.20. The van der Waals surface area contributed by atoms with Crippen molar-refractivity contribution < 1.29 is 24.2 Å². The van der Waals surface area contributed by atoms with Gasteiger partial charge in [-0.25, -0.2) is 0 Å². The molecule has 0 aromatic heterocycles. The predicted octanol–water partition coefficient (Wildman–Crippen LogP) is 4.25. The van der Waals surface area contributed by atoms with Crippen LogP contribution in [0.4, 0.5) is 0 Å². The molecule has 0 spiro atoms. The average molecular weight is 547 g/mol. The van der Waals surface area contributed by atoms with Gasteiger partial charge >= 0.3 is 11.9 Å². The van der Waals surface area contributed by atoms with E-state index in [1.54, 1.807) is 0 Å². The van der Waals surface area contributed by atoms with E-state index in [1.807, 2.05) is 60.7 Å². The summed E-state index contributed by atoms with van der Waals surface area (Å²) in [5.41, 5.74) is 1.78. The van der Waals surface area contributed by atoms with Crippen molar-refractivity contribution in [3.05, 3.63) is 71.8 Å². The van der Waals surface area contributed by atoms with Gasteiger partial charge in [-0.3, -0.25) is 14.5 Å². The van der Waals surface area contributed by atoms with Crippen LogP contribution < -0.4 is 0 Å². The third-order valence-electron chi connectivity index (χ3n) is 10.0. The second-order valence-corrected chi connectivity index (χ2v) is 12.3. The summed E-state index contributed by atoms with van der Waals surface area (Å²) in [6, 6.07) is 21.0. The van der Waals surface area contributed by atoms with Gasteiger partial charge in [-0.2, -0.15) is 0 Å². The van der Waals surface area contributed by atoms with Crippen LogP contribution in [0.5, 0.6) is 0 Å². The molecular formula is C33H42N2O5. The summed E-state index contributed by atoms with van der Waals surface area (Å²) in [6.45, 7) is 0.357. The molecule has 6 rings (SSSR count). The van der Waals surface area contributed by atoms with Crippen molar-refractivity contribution in [3.63, 3.8) is 0 Å². The van der Waals surface area contributed by atoms with Crippen LogP contribution in [0.1, 0.15) is 74.3 Å². The highest BCUT2D eigenvalue weighted by Gasteiger charge is 2.45. The number of ether oxygens (including phenoxy) is 2. The molecule has 4 heterocycles. The number of esters is 2. The number of benzene rings is 2. The highest BCUT2D eigenvalue weighted by molar-refractivity contribution is 5.79. The molecular weight excluding hydrogens is 504 g/mol. The van der Waals surface area contributed by atoms with Crippen LogP contribution in [0.15, 0.2) is 60.7 Å². The van der Waals surface area contributed by atoms with Gasteiger partial charge in [-0.1, -0.05) is 60.7 Å². The van der Waals surface area contributed by atoms with Crippen LogP contribution in [0, 0.1) is 0 Å². The van der Waals surface area contributed by atoms with E-state index in [0.29, 0.717) is 18.6 Å². The van der Waals surface area contributed by atoms with E-state index >= 15 is 0 Å². The quantitative estimate of drug-likeness (QED) is 0.471. The third kappa shape index (κ3) is 5.69. The van der Waals surface area contributed by atoms with Gasteiger partial charge in [0.25, 0.3) is 0 Å². The Morgan fingerprint density at radius 1 is 0.725 bits per heavy atom. The van der Waals surface area contributed by atoms with Crippen LogP contribution in [-0.2, 0) is 19.1 Å². The van der Waals surface area contributed by atoms with E-state index < -0.39 is 5.92 Å². The number of aliphatic hydroxyl groups excluding tert-OH is 1. The standard InChI is InChI=1S/C33H42N2O5/c1-34-24-12-13-25(34)17-28(16-24)39-32(37)30(22-8-4-2-5-9-22)20-35-26-14-15-27(35)19-29(18-26)40-33(38)31(21-36)23-10-6-3-7-11-23/h2-11,24-31,36H,12-21H2,1H3/t24-,25+,26-,27+,28?,29?,30-,31-/m1/s1. The van der Waals surface area contributed by atoms with E-state index in [0.717, 1.165) is 49.7 Å². The maximum atomic E-state index is 13.7. The topological polar surface area (TPSA) is 79.3 Å². The van der Waals surface area contributed by atoms with Gasteiger partial charge in [0.05, 0.1) is 12.5 Å². The van der Waals surface area contributed by atoms with Gasteiger partial charge in [-0.15, -0.1) is 0 Å². The van der Waals surface area contributed by atoms with E-state index in [9.17, 15) is 14.7 Å². The molecule has 4 bridgehead atoms. The Balaban J connectivity index is 1.11. The molecule has 7 heteroatoms. The Morgan fingerprint density at radius 2 is 1.15 bits per heavy atom. The monoisotopic (exact) mass is 546 g/mol. The number of nitrogens with zero attached hydrogens (tertiary/aromatic N) is 2. The summed E-state index contributed by atoms with van der Waals surface area (Å²) in [5.74, 6) is -1.47. The Bertz CT molecular complexity index is 1130. The second-order valence-electron chi connectivity index (χ2n) is 12.3. The number of piperidine rings is 2. The summed E-state index contributed by atoms with van der Waals surface area (Å²) in [4.78, 5) is 31.7. The Labute approximate surface area is 237 Å². The van der Waals surface area contributed by atoms with E-state index in [1.165, 1.54) is 12.8 Å². The second kappa shape index (κ2) is 12.0. The zero-order chi connectivity index (χ0) is 27.6. The maximum absolute atomic E-state index is 13.7. The molecule has 0 aliphatic carbocycles. The van der Waals surface area contributed by atoms with Gasteiger partial charge in [-0.05, 0) is 56.7 Å². The molecule has 2 aromatic rings. The summed E-state index contributed by atoms with van der Waals surface area (Å²) in [6.07, 6.45) is 7.67. The lowest BCUT2D eigenvalue weighted by Gasteiger charge is -2.40. The number of carbonyl (C=O) groups excluding carboxylic acids is 2. The van der Waals surface area contributed by atoms with Crippen LogP contribution in [0.25, 0.3) is 0 Å². The van der Waals surface area contributed by atoms with Crippen molar-refractivity contribution in [2.24, 2.45) is 0 Å². The molecule has 7 nitrogen and oxygen atoms in total. The van der Waals surface area contributed by atoms with Gasteiger partial charge < -0.3 is 19.5 Å². The SMILES string of the molecule is CN1[C@@H]2CC[C@H]1CC(OC(=O)[C@H](CN1[C@@H]3CC[C@H]1CC(OC(=O)[C@H](CO)c1ccccc1)C3)c1ccccc1)C2. The molecule has 0 amide bonds. The molecule has 2 unspecified atom stereocenters. The van der Waals surface area contributed by atoms with E-state index in [4.69, 9.17) is 9.47 Å². The molecule has 40 heavy (non-hydrogen) atoms. The zero-order valence-corrected chi connectivity index (χ0v) is 23.4. The molecule has 4 aliphatic heterocycles. The van der Waals surface area contributed by atoms with Crippen molar-refractivity contribution in [1.82, 2.24) is 9.80 Å². The molecule has 0 radical (unpaired) electrons. The molecule has 1 N–H and O–H groups in total. The number of hydrogen-bond donors (Lipinski definition) is 1. The predicted molar refractivity (Wildman–Crippen MR) is 152 cm³/mol. The zero-order valence-electron chi connectivity index (χ0n) is 23.4. The van der Waals surface area contributed by atoms with Crippen LogP contribution >= 0.6 is 0 Å². The third-order valence-corrected chi connectivity index (χ3v) is 10.0. The van der Waals surface area contributed by atoms with Crippen LogP contribution in [-0.4, -0.2) is 83.4 Å². The van der Waals surface area contributed by atoms with Crippen LogP contribution in [0.2, 0.25) is 0 Å². The minimum Gasteiger partial charge on any atom is -0.462 e. The van der Waals surface area contributed by atoms with Gasteiger partial charge in [0, 0.05) is 43.6 Å². The molecule has 4 aliphatic rings. The highest BCUT2D eigenvalue weighted by Crippen LogP contribution is 2.40. The fourth-order valence-electron chi connectivity index (χ4n) is 7.78. The van der Waals surface area contributed by atoms with Crippen molar-refractivity contribution >= 4 is 11.9 Å². The highest BCUT2D eigenvalue weighted by atomic mass is 16.5. The summed E-state index contributed by atoms with van der Waals surface area (Å²) >= 11 is 0. The first-order valence-electron chi connectivity index (χ1n) is 15.1. The molecule has 0 saturated carbocycles. The Kier molecular flexibility index (Phi) is 8.24. The fourth-order valence-corrected chi connectivity index (χ4v) is 7.78. The molecule has 214 valence electrons. The summed E-state index contributed by atoms with van der Waals surface area (Å²) in [5, 5.41) is 9.90. The maximum Gasteiger partial charge on any atom is 0.316 e. The number of aliphatic hydroxyl groups is 1. The van der Waals surface area contributed by atoms with Crippen molar-refractivity contribution in [1.29, 1.82) is 0 Å². The Morgan fingerprint density at radius 3 is 1.65 bits per heavy atom. The normalized spacial score (nSPS) is 31.4. The number of hydrogen-bond acceptors (Lipinski definition) is 7. The van der Waals surface area contributed by atoms with E-state index in [2.05, 4.69) is 16.8 Å². The number of fused-ring (bicyclic) bond motifs is 4. The van der Waals surface area contributed by atoms with Gasteiger partial charge in [0.1, 0.15) is 18.1 Å². The molecule has 4 fully saturated rings. The van der Waals surface area contributed by atoms with Crippen molar-refractivity contribution in [2.45, 2.75) is 99.6 Å². The number of carbonyl (C=O) groups is 2. The number of rotatable bonds is 9. The Hall–Kier alpha value is -2.74. The van der Waals surface area contributed by atoms with Gasteiger partial charge in [0.2, 0.25) is 0 Å². The lowest BCUT2D eigenvalue weighted by molar-refractivity contribution is -0.156. The molecule has 4 saturated heterocycles. The largest absolute Gasteiger partial charge is 0.462 e. The fraction of sp³-hybridized carbons (Fsp3) is 0.576. The minimum absolute atomic E-state index is 0.00151. The molecule has 8 atom stereocenters. The van der Waals surface area contributed by atoms with Crippen LogP contribution in [0.3, 0.4) is 0 Å². The summed E-state index contributed by atoms with van der Waals surface area (Å²) < 4.78 is 12.2. The van der Waals surface area contributed by atoms with E-state index in [-0.39, 0.29) is 48.8 Å². The minimum atomic E-state index is -0.663. The lowest BCUT2D eigenvalue weighted by atomic mass is 9.93. The van der Waals surface area contributed by atoms with Crippen molar-refractivity contribution in [3.8, 4) is 0 Å². The smallest absolute Gasteiger partial charge is 0.316 e. The van der Waals surface area contributed by atoms with Crippen molar-refractivity contribution in [2.75, 3.05) is 20.2 Å². The lowest BCUT2D eigenvalue weighted by Crippen LogP contribution is -2.49. The average Bonchev–Trinajstić information content (AvgIpc) is 3.31. The first kappa shape index (κ1) is 27.4. The van der Waals surface area contributed by atoms with Gasteiger partial charge in [0.15, 0.2) is 0 Å². The molecule has 2 aromatic carbocycles. The first-order chi connectivity index (χ1) is 19.5. The first-order valence-corrected chi connectivity index (χ1v) is 15.1.